The number of nitrogens with zero attached hydrogens (tertiary/aromatic N) is 2. The molecule has 0 aliphatic carbocycles. The molecule has 0 heterocycles. The van der Waals surface area contributed by atoms with Crippen LogP contribution in [-0.2, 0) is 4.79 Å². The molecule has 0 radical (unpaired) electrons. The average Bonchev–Trinajstić information content (AvgIpc) is 2.66. The van der Waals surface area contributed by atoms with Gasteiger partial charge in [-0.15, -0.1) is 0 Å². The lowest BCUT2D eigenvalue weighted by molar-refractivity contribution is -0.385. The molecular formula is C18H16N4O5. The van der Waals surface area contributed by atoms with Crippen LogP contribution >= 0.6 is 0 Å². The topological polar surface area (TPSA) is 134 Å². The van der Waals surface area contributed by atoms with Crippen molar-refractivity contribution in [1.29, 1.82) is 0 Å². The van der Waals surface area contributed by atoms with E-state index in [2.05, 4.69) is 15.8 Å². The van der Waals surface area contributed by atoms with Gasteiger partial charge in [-0.2, -0.15) is 5.10 Å². The zero-order chi connectivity index (χ0) is 19.8. The molecule has 0 fully saturated rings. The van der Waals surface area contributed by atoms with Gasteiger partial charge >= 0.3 is 0 Å². The third-order valence-electron chi connectivity index (χ3n) is 3.40. The Morgan fingerprint density at radius 1 is 1.22 bits per heavy atom. The second-order valence-corrected chi connectivity index (χ2v) is 5.27. The summed E-state index contributed by atoms with van der Waals surface area (Å²) < 4.78 is 0. The molecular weight excluding hydrogens is 352 g/mol. The fourth-order valence-corrected chi connectivity index (χ4v) is 2.08. The van der Waals surface area contributed by atoms with Crippen molar-refractivity contribution in [1.82, 2.24) is 10.7 Å². The predicted octanol–water partition coefficient (Wildman–Crippen LogP) is 1.82. The summed E-state index contributed by atoms with van der Waals surface area (Å²) >= 11 is 0. The van der Waals surface area contributed by atoms with Gasteiger partial charge in [-0.25, -0.2) is 5.43 Å². The number of rotatable bonds is 6. The van der Waals surface area contributed by atoms with Crippen LogP contribution in [0, 0.1) is 10.1 Å². The van der Waals surface area contributed by atoms with E-state index in [1.54, 1.807) is 30.3 Å². The number of carbonyl (C=O) groups excluding carboxylic acids is 2. The Morgan fingerprint density at radius 3 is 2.70 bits per heavy atom. The lowest BCUT2D eigenvalue weighted by atomic mass is 10.1. The number of nitro benzene ring substituents is 1. The minimum Gasteiger partial charge on any atom is -0.508 e. The second kappa shape index (κ2) is 8.90. The van der Waals surface area contributed by atoms with E-state index in [1.165, 1.54) is 19.2 Å². The molecule has 9 heteroatoms. The van der Waals surface area contributed by atoms with Crippen LogP contribution in [0.3, 0.4) is 0 Å². The molecule has 0 bridgehead atoms. The molecule has 2 rings (SSSR count). The van der Waals surface area contributed by atoms with E-state index in [0.717, 1.165) is 18.3 Å². The number of amides is 2. The van der Waals surface area contributed by atoms with Crippen LogP contribution in [0.5, 0.6) is 5.75 Å². The van der Waals surface area contributed by atoms with Crippen molar-refractivity contribution in [3.63, 3.8) is 0 Å². The molecule has 0 aliphatic rings. The van der Waals surface area contributed by atoms with E-state index < -0.39 is 10.8 Å². The van der Waals surface area contributed by atoms with Gasteiger partial charge < -0.3 is 10.4 Å². The molecule has 0 aromatic heterocycles. The number of phenolic OH excluding ortho intramolecular Hbond substituents is 1. The van der Waals surface area contributed by atoms with Gasteiger partial charge in [0.2, 0.25) is 5.91 Å². The highest BCUT2D eigenvalue weighted by Crippen LogP contribution is 2.21. The number of aromatic hydroxyl groups is 1. The van der Waals surface area contributed by atoms with Gasteiger partial charge in [-0.05, 0) is 35.9 Å². The predicted molar refractivity (Wildman–Crippen MR) is 99.4 cm³/mol. The van der Waals surface area contributed by atoms with Gasteiger partial charge in [-0.3, -0.25) is 19.7 Å². The molecule has 0 atom stereocenters. The first kappa shape index (κ1) is 19.3. The minimum absolute atomic E-state index is 0.0440. The lowest BCUT2D eigenvalue weighted by Crippen LogP contribution is -2.17. The molecule has 2 amide bonds. The van der Waals surface area contributed by atoms with Crippen LogP contribution in [0.25, 0.3) is 6.08 Å². The quantitative estimate of drug-likeness (QED) is 0.309. The number of carbonyl (C=O) groups is 2. The fourth-order valence-electron chi connectivity index (χ4n) is 2.08. The molecule has 2 aromatic rings. The molecule has 3 N–H and O–H groups in total. The molecule has 138 valence electrons. The van der Waals surface area contributed by atoms with Crippen molar-refractivity contribution in [3.05, 3.63) is 75.3 Å². The summed E-state index contributed by atoms with van der Waals surface area (Å²) in [4.78, 5) is 33.7. The van der Waals surface area contributed by atoms with Gasteiger partial charge in [0.1, 0.15) is 5.75 Å². The highest BCUT2D eigenvalue weighted by molar-refractivity contribution is 5.96. The summed E-state index contributed by atoms with van der Waals surface area (Å²) in [6, 6.07) is 9.96. The lowest BCUT2D eigenvalue weighted by Gasteiger charge is -2.02. The zero-order valence-corrected chi connectivity index (χ0v) is 14.2. The Balaban J connectivity index is 2.11. The molecule has 9 nitrogen and oxygen atoms in total. The highest BCUT2D eigenvalue weighted by Gasteiger charge is 2.12. The molecule has 2 aromatic carbocycles. The number of phenols is 1. The first-order chi connectivity index (χ1) is 12.9. The van der Waals surface area contributed by atoms with Crippen molar-refractivity contribution in [3.8, 4) is 5.75 Å². The summed E-state index contributed by atoms with van der Waals surface area (Å²) in [5.41, 5.74) is 2.97. The first-order valence-electron chi connectivity index (χ1n) is 7.71. The Labute approximate surface area is 154 Å². The van der Waals surface area contributed by atoms with E-state index in [9.17, 15) is 24.8 Å². The van der Waals surface area contributed by atoms with Crippen molar-refractivity contribution < 1.29 is 19.6 Å². The van der Waals surface area contributed by atoms with Gasteiger partial charge in [0.05, 0.1) is 16.7 Å². The highest BCUT2D eigenvalue weighted by atomic mass is 16.6. The number of benzene rings is 2. The molecule has 27 heavy (non-hydrogen) atoms. The average molecular weight is 368 g/mol. The van der Waals surface area contributed by atoms with E-state index in [0.29, 0.717) is 5.56 Å². The molecule has 0 aliphatic heterocycles. The molecule has 0 unspecified atom stereocenters. The van der Waals surface area contributed by atoms with Crippen LogP contribution in [0.1, 0.15) is 21.5 Å². The van der Waals surface area contributed by atoms with Crippen molar-refractivity contribution in [2.45, 2.75) is 0 Å². The Bertz CT molecular complexity index is 937. The van der Waals surface area contributed by atoms with Crippen molar-refractivity contribution in [2.75, 3.05) is 7.05 Å². The normalized spacial score (nSPS) is 10.9. The number of likely N-dealkylation sites (N-methyl/N-ethyl adjacent to an activating group) is 1. The molecule has 0 saturated carbocycles. The van der Waals surface area contributed by atoms with Crippen LogP contribution in [0.2, 0.25) is 0 Å². The summed E-state index contributed by atoms with van der Waals surface area (Å²) in [6.45, 7) is 0. The Kier molecular flexibility index (Phi) is 6.37. The summed E-state index contributed by atoms with van der Waals surface area (Å²) in [5, 5.41) is 26.5. The number of nitro groups is 1. The summed E-state index contributed by atoms with van der Waals surface area (Å²) in [7, 11) is 1.51. The van der Waals surface area contributed by atoms with Crippen molar-refractivity contribution in [2.24, 2.45) is 5.10 Å². The smallest absolute Gasteiger partial charge is 0.278 e. The van der Waals surface area contributed by atoms with Crippen LogP contribution in [-0.4, -0.2) is 35.1 Å². The third kappa shape index (κ3) is 5.49. The number of hydrogen-bond donors (Lipinski definition) is 3. The first-order valence-corrected chi connectivity index (χ1v) is 7.71. The maximum atomic E-state index is 12.2. The van der Waals surface area contributed by atoms with Gasteiger partial charge in [-0.1, -0.05) is 12.1 Å². The third-order valence-corrected chi connectivity index (χ3v) is 3.40. The largest absolute Gasteiger partial charge is 0.508 e. The van der Waals surface area contributed by atoms with E-state index >= 15 is 0 Å². The fraction of sp³-hybridized carbons (Fsp3) is 0.0556. The minimum atomic E-state index is -0.620. The molecule has 0 saturated heterocycles. The standard InChI is InChI=1S/C18H16N4O5/c1-19-17(24)8-5-12-3-2-4-13(9-12)18(25)21-20-11-14-10-15(23)6-7-16(14)22(26)27/h2-11,23H,1H3,(H,19,24)(H,21,25)/b8-5+,20-11+. The molecule has 0 spiro atoms. The van der Waals surface area contributed by atoms with Crippen LogP contribution in [0.4, 0.5) is 5.69 Å². The van der Waals surface area contributed by atoms with E-state index in [-0.39, 0.29) is 28.5 Å². The van der Waals surface area contributed by atoms with Gasteiger partial charge in [0.25, 0.3) is 11.6 Å². The Hall–Kier alpha value is -4.01. The number of hydrazone groups is 1. The van der Waals surface area contributed by atoms with Crippen LogP contribution < -0.4 is 10.7 Å². The van der Waals surface area contributed by atoms with Gasteiger partial charge in [0, 0.05) is 24.8 Å². The maximum absolute atomic E-state index is 12.2. The number of nitrogens with one attached hydrogen (secondary N) is 2. The van der Waals surface area contributed by atoms with E-state index in [4.69, 9.17) is 0 Å². The van der Waals surface area contributed by atoms with Gasteiger partial charge in [0.15, 0.2) is 0 Å². The van der Waals surface area contributed by atoms with Crippen molar-refractivity contribution >= 4 is 29.8 Å². The summed E-state index contributed by atoms with van der Waals surface area (Å²) in [5.74, 6) is -0.976. The number of hydrogen-bond acceptors (Lipinski definition) is 6. The second-order valence-electron chi connectivity index (χ2n) is 5.27. The SMILES string of the molecule is CNC(=O)/C=C/c1cccc(C(=O)N/N=C/c2cc(O)ccc2[N+](=O)[O-])c1. The van der Waals surface area contributed by atoms with E-state index in [1.807, 2.05) is 0 Å². The maximum Gasteiger partial charge on any atom is 0.278 e. The Morgan fingerprint density at radius 2 is 2.00 bits per heavy atom. The monoisotopic (exact) mass is 368 g/mol. The summed E-state index contributed by atoms with van der Waals surface area (Å²) in [6.07, 6.45) is 3.95. The van der Waals surface area contributed by atoms with Crippen LogP contribution in [0.15, 0.2) is 53.6 Å². The zero-order valence-electron chi connectivity index (χ0n) is 14.2.